The number of nitrogens with one attached hydrogen (secondary N) is 2. The van der Waals surface area contributed by atoms with Gasteiger partial charge in [-0.1, -0.05) is 30.9 Å². The van der Waals surface area contributed by atoms with Gasteiger partial charge < -0.3 is 15.2 Å². The highest BCUT2D eigenvalue weighted by molar-refractivity contribution is 5.89. The maximum atomic E-state index is 12.6. The SMILES string of the molecule is Cc1ccc2[nH]cc(CCN3C[C@H](C(=O)NC4CCCCC4)CC3=O)c2c1. The second-order valence-electron chi connectivity index (χ2n) is 8.20. The Balaban J connectivity index is 1.33. The third kappa shape index (κ3) is 4.02. The fourth-order valence-corrected chi connectivity index (χ4v) is 4.48. The van der Waals surface area contributed by atoms with Crippen LogP contribution >= 0.6 is 0 Å². The number of H-pyrrole nitrogens is 1. The standard InChI is InChI=1S/C22H29N3O2/c1-15-7-8-20-19(11-15)16(13-23-20)9-10-25-14-17(12-21(25)26)22(27)24-18-5-3-2-4-6-18/h7-8,11,13,17-18,23H,2-6,9-10,12,14H2,1H3,(H,24,27)/t17-/m1/s1. The molecule has 2 fully saturated rings. The molecule has 2 N–H and O–H groups in total. The number of benzene rings is 1. The molecule has 1 saturated carbocycles. The minimum Gasteiger partial charge on any atom is -0.361 e. The van der Waals surface area contributed by atoms with Crippen molar-refractivity contribution in [2.45, 2.75) is 57.9 Å². The van der Waals surface area contributed by atoms with Crippen LogP contribution in [0.15, 0.2) is 24.4 Å². The Kier molecular flexibility index (Phi) is 5.19. The number of rotatable bonds is 5. The Morgan fingerprint density at radius 1 is 1.26 bits per heavy atom. The molecule has 5 nitrogen and oxygen atoms in total. The average molecular weight is 367 g/mol. The number of hydrogen-bond acceptors (Lipinski definition) is 2. The molecule has 2 amide bonds. The number of likely N-dealkylation sites (tertiary alicyclic amines) is 1. The first-order valence-corrected chi connectivity index (χ1v) is 10.2. The van der Waals surface area contributed by atoms with Crippen LogP contribution in [0.3, 0.4) is 0 Å². The minimum absolute atomic E-state index is 0.0699. The molecule has 1 aliphatic heterocycles. The van der Waals surface area contributed by atoms with Crippen LogP contribution in [0.25, 0.3) is 10.9 Å². The summed E-state index contributed by atoms with van der Waals surface area (Å²) in [5.41, 5.74) is 3.60. The smallest absolute Gasteiger partial charge is 0.225 e. The van der Waals surface area contributed by atoms with Gasteiger partial charge in [0.15, 0.2) is 0 Å². The Morgan fingerprint density at radius 3 is 2.89 bits per heavy atom. The van der Waals surface area contributed by atoms with E-state index in [1.165, 1.54) is 35.8 Å². The molecule has 144 valence electrons. The molecular weight excluding hydrogens is 338 g/mol. The van der Waals surface area contributed by atoms with Crippen molar-refractivity contribution < 1.29 is 9.59 Å². The largest absolute Gasteiger partial charge is 0.361 e. The first-order valence-electron chi connectivity index (χ1n) is 10.2. The van der Waals surface area contributed by atoms with E-state index in [0.717, 1.165) is 24.8 Å². The van der Waals surface area contributed by atoms with Crippen molar-refractivity contribution >= 4 is 22.7 Å². The lowest BCUT2D eigenvalue weighted by molar-refractivity contribution is -0.129. The van der Waals surface area contributed by atoms with E-state index in [1.54, 1.807) is 0 Å². The Bertz CT molecular complexity index is 835. The highest BCUT2D eigenvalue weighted by Crippen LogP contribution is 2.24. The molecule has 1 aromatic carbocycles. The molecule has 2 aromatic rings. The highest BCUT2D eigenvalue weighted by Gasteiger charge is 2.34. The molecule has 0 unspecified atom stereocenters. The van der Waals surface area contributed by atoms with Gasteiger partial charge in [0, 0.05) is 42.7 Å². The number of hydrogen-bond donors (Lipinski definition) is 2. The summed E-state index contributed by atoms with van der Waals surface area (Å²) in [6, 6.07) is 6.70. The fraction of sp³-hybridized carbons (Fsp3) is 0.545. The number of aromatic amines is 1. The lowest BCUT2D eigenvalue weighted by atomic mass is 9.95. The number of fused-ring (bicyclic) bond motifs is 1. The summed E-state index contributed by atoms with van der Waals surface area (Å²) in [4.78, 5) is 30.1. The molecular formula is C22H29N3O2. The van der Waals surface area contributed by atoms with Crippen LogP contribution in [0.4, 0.5) is 0 Å². The zero-order valence-electron chi connectivity index (χ0n) is 16.1. The van der Waals surface area contributed by atoms with Crippen LogP contribution in [0, 0.1) is 12.8 Å². The molecule has 5 heteroatoms. The summed E-state index contributed by atoms with van der Waals surface area (Å²) in [6.07, 6.45) is 9.03. The molecule has 1 saturated heterocycles. The van der Waals surface area contributed by atoms with Gasteiger partial charge in [-0.15, -0.1) is 0 Å². The van der Waals surface area contributed by atoms with Gasteiger partial charge in [-0.05, 0) is 43.9 Å². The predicted octanol–water partition coefficient (Wildman–Crippen LogP) is 3.32. The Labute approximate surface area is 160 Å². The molecule has 4 rings (SSSR count). The Hall–Kier alpha value is -2.30. The first-order chi connectivity index (χ1) is 13.1. The lowest BCUT2D eigenvalue weighted by Crippen LogP contribution is -2.40. The van der Waals surface area contributed by atoms with Crippen LogP contribution in [0.1, 0.15) is 49.7 Å². The van der Waals surface area contributed by atoms with Gasteiger partial charge in [0.05, 0.1) is 5.92 Å². The monoisotopic (exact) mass is 367 g/mol. The van der Waals surface area contributed by atoms with Crippen LogP contribution < -0.4 is 5.32 Å². The number of aromatic nitrogens is 1. The molecule has 2 heterocycles. The summed E-state index contributed by atoms with van der Waals surface area (Å²) in [5.74, 6) is -0.0140. The van der Waals surface area contributed by atoms with Crippen LogP contribution in [0.5, 0.6) is 0 Å². The predicted molar refractivity (Wildman–Crippen MR) is 106 cm³/mol. The summed E-state index contributed by atoms with van der Waals surface area (Å²) in [5, 5.41) is 4.41. The maximum absolute atomic E-state index is 12.6. The van der Waals surface area contributed by atoms with Crippen molar-refractivity contribution in [1.82, 2.24) is 15.2 Å². The van der Waals surface area contributed by atoms with Crippen LogP contribution in [0.2, 0.25) is 0 Å². The first kappa shape index (κ1) is 18.1. The van der Waals surface area contributed by atoms with E-state index in [-0.39, 0.29) is 17.7 Å². The van der Waals surface area contributed by atoms with Gasteiger partial charge in [0.1, 0.15) is 0 Å². The van der Waals surface area contributed by atoms with E-state index in [0.29, 0.717) is 25.6 Å². The maximum Gasteiger partial charge on any atom is 0.225 e. The number of aryl methyl sites for hydroxylation is 1. The normalized spacial score (nSPS) is 21.1. The molecule has 1 atom stereocenters. The quantitative estimate of drug-likeness (QED) is 0.851. The lowest BCUT2D eigenvalue weighted by Gasteiger charge is -2.24. The van der Waals surface area contributed by atoms with E-state index in [9.17, 15) is 9.59 Å². The van der Waals surface area contributed by atoms with Crippen molar-refractivity contribution in [3.63, 3.8) is 0 Å². The van der Waals surface area contributed by atoms with Gasteiger partial charge >= 0.3 is 0 Å². The van der Waals surface area contributed by atoms with Crippen LogP contribution in [-0.4, -0.2) is 40.8 Å². The fourth-order valence-electron chi connectivity index (χ4n) is 4.48. The third-order valence-electron chi connectivity index (χ3n) is 6.11. The van der Waals surface area contributed by atoms with Gasteiger partial charge in [-0.25, -0.2) is 0 Å². The van der Waals surface area contributed by atoms with Gasteiger partial charge in [0.2, 0.25) is 11.8 Å². The van der Waals surface area contributed by atoms with E-state index in [4.69, 9.17) is 0 Å². The molecule has 0 bridgehead atoms. The van der Waals surface area contributed by atoms with Crippen molar-refractivity contribution in [1.29, 1.82) is 0 Å². The molecule has 0 radical (unpaired) electrons. The van der Waals surface area contributed by atoms with E-state index < -0.39 is 0 Å². The molecule has 2 aliphatic rings. The topological polar surface area (TPSA) is 65.2 Å². The van der Waals surface area contributed by atoms with E-state index >= 15 is 0 Å². The number of carbonyl (C=O) groups excluding carboxylic acids is 2. The Morgan fingerprint density at radius 2 is 2.07 bits per heavy atom. The molecule has 1 aliphatic carbocycles. The van der Waals surface area contributed by atoms with Crippen molar-refractivity contribution in [3.05, 3.63) is 35.5 Å². The van der Waals surface area contributed by atoms with Crippen molar-refractivity contribution in [2.24, 2.45) is 5.92 Å². The average Bonchev–Trinajstić information content (AvgIpc) is 3.24. The summed E-state index contributed by atoms with van der Waals surface area (Å²) < 4.78 is 0. The summed E-state index contributed by atoms with van der Waals surface area (Å²) in [7, 11) is 0. The van der Waals surface area contributed by atoms with Gasteiger partial charge in [-0.3, -0.25) is 9.59 Å². The van der Waals surface area contributed by atoms with Crippen molar-refractivity contribution in [3.8, 4) is 0 Å². The van der Waals surface area contributed by atoms with Gasteiger partial charge in [-0.2, -0.15) is 0 Å². The summed E-state index contributed by atoms with van der Waals surface area (Å²) in [6.45, 7) is 3.32. The van der Waals surface area contributed by atoms with Crippen molar-refractivity contribution in [2.75, 3.05) is 13.1 Å². The second-order valence-corrected chi connectivity index (χ2v) is 8.20. The van der Waals surface area contributed by atoms with E-state index in [1.807, 2.05) is 11.1 Å². The van der Waals surface area contributed by atoms with E-state index in [2.05, 4.69) is 35.4 Å². The zero-order valence-corrected chi connectivity index (χ0v) is 16.1. The number of carbonyl (C=O) groups is 2. The third-order valence-corrected chi connectivity index (χ3v) is 6.11. The van der Waals surface area contributed by atoms with Gasteiger partial charge in [0.25, 0.3) is 0 Å². The highest BCUT2D eigenvalue weighted by atomic mass is 16.2. The minimum atomic E-state index is -0.190. The number of nitrogens with zero attached hydrogens (tertiary/aromatic N) is 1. The zero-order chi connectivity index (χ0) is 18.8. The second kappa shape index (κ2) is 7.75. The molecule has 27 heavy (non-hydrogen) atoms. The number of amides is 2. The summed E-state index contributed by atoms with van der Waals surface area (Å²) >= 11 is 0. The van der Waals surface area contributed by atoms with Crippen LogP contribution in [-0.2, 0) is 16.0 Å². The molecule has 0 spiro atoms. The molecule has 1 aromatic heterocycles.